The molecule has 0 aliphatic carbocycles. The number of hydrogen-bond donors (Lipinski definition) is 1. The van der Waals surface area contributed by atoms with Crippen molar-refractivity contribution >= 4 is 46.7 Å². The van der Waals surface area contributed by atoms with E-state index in [9.17, 15) is 14.0 Å². The van der Waals surface area contributed by atoms with Gasteiger partial charge in [0.1, 0.15) is 11.6 Å². The van der Waals surface area contributed by atoms with E-state index in [0.29, 0.717) is 40.0 Å². The van der Waals surface area contributed by atoms with Gasteiger partial charge in [0.05, 0.1) is 19.3 Å². The SMILES string of the molecule is COc1ccc(NC(=O)N2CCS[C@@]23C(=O)N(Cc2ccccc2Cl)c2ccc(F)cc23)cc1. The van der Waals surface area contributed by atoms with Crippen molar-refractivity contribution in [2.24, 2.45) is 0 Å². The summed E-state index contributed by atoms with van der Waals surface area (Å²) in [5.41, 5.74) is 2.37. The Morgan fingerprint density at radius 3 is 2.68 bits per heavy atom. The van der Waals surface area contributed by atoms with Crippen molar-refractivity contribution in [1.82, 2.24) is 4.90 Å². The number of amides is 3. The van der Waals surface area contributed by atoms with E-state index in [1.807, 2.05) is 18.2 Å². The zero-order chi connectivity index (χ0) is 23.9. The predicted octanol–water partition coefficient (Wildman–Crippen LogP) is 5.47. The van der Waals surface area contributed by atoms with E-state index < -0.39 is 16.7 Å². The lowest BCUT2D eigenvalue weighted by molar-refractivity contribution is -0.123. The summed E-state index contributed by atoms with van der Waals surface area (Å²) < 4.78 is 19.6. The van der Waals surface area contributed by atoms with Crippen LogP contribution in [0.4, 0.5) is 20.6 Å². The quantitative estimate of drug-likeness (QED) is 0.519. The van der Waals surface area contributed by atoms with Gasteiger partial charge < -0.3 is 15.0 Å². The Bertz CT molecular complexity index is 1270. The molecule has 1 atom stereocenters. The number of thioether (sulfide) groups is 1. The number of fused-ring (bicyclic) bond motifs is 2. The molecule has 0 bridgehead atoms. The molecular weight excluding hydrogens is 477 g/mol. The molecule has 1 fully saturated rings. The van der Waals surface area contributed by atoms with E-state index in [1.54, 1.807) is 48.4 Å². The number of benzene rings is 3. The molecule has 0 aromatic heterocycles. The van der Waals surface area contributed by atoms with Crippen molar-refractivity contribution in [2.45, 2.75) is 11.4 Å². The van der Waals surface area contributed by atoms with Gasteiger partial charge in [0.2, 0.25) is 0 Å². The molecule has 5 rings (SSSR count). The average Bonchev–Trinajstić information content (AvgIpc) is 3.38. The van der Waals surface area contributed by atoms with Gasteiger partial charge in [-0.25, -0.2) is 9.18 Å². The third-order valence-corrected chi connectivity index (χ3v) is 7.82. The Balaban J connectivity index is 1.51. The highest BCUT2D eigenvalue weighted by molar-refractivity contribution is 8.01. The molecule has 3 aromatic rings. The molecule has 2 aliphatic rings. The molecule has 2 heterocycles. The van der Waals surface area contributed by atoms with E-state index in [2.05, 4.69) is 5.32 Å². The number of halogens is 2. The summed E-state index contributed by atoms with van der Waals surface area (Å²) in [6.45, 7) is 0.557. The Morgan fingerprint density at radius 2 is 1.94 bits per heavy atom. The maximum Gasteiger partial charge on any atom is 0.323 e. The molecule has 1 N–H and O–H groups in total. The maximum absolute atomic E-state index is 14.4. The van der Waals surface area contributed by atoms with E-state index in [1.165, 1.54) is 28.8 Å². The van der Waals surface area contributed by atoms with Crippen molar-refractivity contribution < 1.29 is 18.7 Å². The average molecular weight is 498 g/mol. The second-order valence-electron chi connectivity index (χ2n) is 7.95. The Morgan fingerprint density at radius 1 is 1.18 bits per heavy atom. The number of rotatable bonds is 4. The van der Waals surface area contributed by atoms with E-state index in [-0.39, 0.29) is 12.5 Å². The molecule has 3 aromatic carbocycles. The van der Waals surface area contributed by atoms with Crippen LogP contribution in [0.15, 0.2) is 66.7 Å². The predicted molar refractivity (Wildman–Crippen MR) is 132 cm³/mol. The lowest BCUT2D eigenvalue weighted by atomic mass is 10.1. The minimum atomic E-state index is -1.35. The third-order valence-electron chi connectivity index (χ3n) is 6.03. The number of ether oxygens (including phenoxy) is 1. The first-order valence-electron chi connectivity index (χ1n) is 10.7. The molecule has 34 heavy (non-hydrogen) atoms. The van der Waals surface area contributed by atoms with Crippen molar-refractivity contribution in [2.75, 3.05) is 29.6 Å². The van der Waals surface area contributed by atoms with E-state index in [0.717, 1.165) is 5.56 Å². The molecule has 174 valence electrons. The number of anilines is 2. The van der Waals surface area contributed by atoms with E-state index in [4.69, 9.17) is 16.3 Å². The highest BCUT2D eigenvalue weighted by Crippen LogP contribution is 2.54. The largest absolute Gasteiger partial charge is 0.497 e. The minimum absolute atomic E-state index is 0.216. The lowest BCUT2D eigenvalue weighted by Crippen LogP contribution is -2.51. The normalized spacial score (nSPS) is 19.0. The van der Waals surface area contributed by atoms with Crippen LogP contribution in [0.3, 0.4) is 0 Å². The molecule has 1 saturated heterocycles. The van der Waals surface area contributed by atoms with Crippen molar-refractivity contribution in [3.63, 3.8) is 0 Å². The van der Waals surface area contributed by atoms with Crippen LogP contribution in [0.25, 0.3) is 0 Å². The molecule has 2 aliphatic heterocycles. The first-order chi connectivity index (χ1) is 16.4. The topological polar surface area (TPSA) is 61.9 Å². The Kier molecular flexibility index (Phi) is 5.87. The molecular formula is C25H21ClFN3O3S. The molecule has 3 amide bonds. The fourth-order valence-electron chi connectivity index (χ4n) is 4.41. The zero-order valence-electron chi connectivity index (χ0n) is 18.3. The van der Waals surface area contributed by atoms with Gasteiger partial charge >= 0.3 is 6.03 Å². The highest BCUT2D eigenvalue weighted by Gasteiger charge is 2.59. The molecule has 0 saturated carbocycles. The van der Waals surface area contributed by atoms with Crippen LogP contribution in [0.2, 0.25) is 5.02 Å². The first kappa shape index (κ1) is 22.6. The van der Waals surface area contributed by atoms with Crippen molar-refractivity contribution in [1.29, 1.82) is 0 Å². The van der Waals surface area contributed by atoms with Gasteiger partial charge in [-0.05, 0) is 54.1 Å². The summed E-state index contributed by atoms with van der Waals surface area (Å²) in [5.74, 6) is 0.447. The van der Waals surface area contributed by atoms with Crippen LogP contribution < -0.4 is 15.0 Å². The number of hydrogen-bond acceptors (Lipinski definition) is 4. The fourth-order valence-corrected chi connectivity index (χ4v) is 6.05. The van der Waals surface area contributed by atoms with Gasteiger partial charge in [-0.2, -0.15) is 0 Å². The Hall–Kier alpha value is -3.23. The van der Waals surface area contributed by atoms with E-state index >= 15 is 0 Å². The Labute approximate surface area is 205 Å². The summed E-state index contributed by atoms with van der Waals surface area (Å²) in [5, 5.41) is 3.39. The number of nitrogens with one attached hydrogen (secondary N) is 1. The minimum Gasteiger partial charge on any atom is -0.497 e. The van der Waals surface area contributed by atoms with Gasteiger partial charge in [0.15, 0.2) is 4.87 Å². The monoisotopic (exact) mass is 497 g/mol. The smallest absolute Gasteiger partial charge is 0.323 e. The second-order valence-corrected chi connectivity index (χ2v) is 9.64. The molecule has 0 radical (unpaired) electrons. The van der Waals surface area contributed by atoms with Gasteiger partial charge in [-0.1, -0.05) is 29.8 Å². The summed E-state index contributed by atoms with van der Waals surface area (Å²) >= 11 is 7.70. The third kappa shape index (κ3) is 3.67. The van der Waals surface area contributed by atoms with Crippen LogP contribution in [-0.2, 0) is 16.2 Å². The summed E-state index contributed by atoms with van der Waals surface area (Å²) in [7, 11) is 1.56. The molecule has 1 spiro atoms. The standard InChI is InChI=1S/C25H21ClFN3O3S/c1-33-19-9-7-18(8-10-19)28-24(32)30-12-13-34-25(30)20-14-17(27)6-11-22(20)29(23(25)31)15-16-4-2-3-5-21(16)26/h2-11,14H,12-13,15H2,1H3,(H,28,32)/t25-/m0/s1. The maximum atomic E-state index is 14.4. The molecule has 9 heteroatoms. The van der Waals surface area contributed by atoms with Crippen LogP contribution in [-0.4, -0.2) is 36.2 Å². The van der Waals surface area contributed by atoms with Gasteiger partial charge in [0.25, 0.3) is 5.91 Å². The number of nitrogens with zero attached hydrogens (tertiary/aromatic N) is 2. The summed E-state index contributed by atoms with van der Waals surface area (Å²) in [6.07, 6.45) is 0. The molecule has 6 nitrogen and oxygen atoms in total. The number of methoxy groups -OCH3 is 1. The lowest BCUT2D eigenvalue weighted by Gasteiger charge is -2.33. The van der Waals surface area contributed by atoms with Crippen LogP contribution in [0.1, 0.15) is 11.1 Å². The van der Waals surface area contributed by atoms with Crippen LogP contribution >= 0.6 is 23.4 Å². The second kappa shape index (κ2) is 8.85. The van der Waals surface area contributed by atoms with Crippen molar-refractivity contribution in [3.05, 3.63) is 88.7 Å². The first-order valence-corrected chi connectivity index (χ1v) is 12.0. The van der Waals surface area contributed by atoms with Crippen LogP contribution in [0, 0.1) is 5.82 Å². The fraction of sp³-hybridized carbons (Fsp3) is 0.200. The summed E-state index contributed by atoms with van der Waals surface area (Å²) in [6, 6.07) is 18.0. The molecule has 0 unspecified atom stereocenters. The van der Waals surface area contributed by atoms with Gasteiger partial charge in [-0.15, -0.1) is 11.8 Å². The summed E-state index contributed by atoms with van der Waals surface area (Å²) in [4.78, 5) is 29.1. The number of carbonyl (C=O) groups is 2. The number of urea groups is 1. The zero-order valence-corrected chi connectivity index (χ0v) is 19.8. The van der Waals surface area contributed by atoms with Crippen LogP contribution in [0.5, 0.6) is 5.75 Å². The van der Waals surface area contributed by atoms with Crippen molar-refractivity contribution in [3.8, 4) is 5.75 Å². The highest BCUT2D eigenvalue weighted by atomic mass is 35.5. The number of carbonyl (C=O) groups excluding carboxylic acids is 2. The van der Waals surface area contributed by atoms with Gasteiger partial charge in [-0.3, -0.25) is 9.69 Å². The van der Waals surface area contributed by atoms with Gasteiger partial charge in [0, 0.05) is 28.6 Å².